The summed E-state index contributed by atoms with van der Waals surface area (Å²) in [6.07, 6.45) is -1.63. The summed E-state index contributed by atoms with van der Waals surface area (Å²) in [5, 5.41) is 5.96. The van der Waals surface area contributed by atoms with E-state index < -0.39 is 40.7 Å². The van der Waals surface area contributed by atoms with Gasteiger partial charge in [-0.3, -0.25) is 15.1 Å². The minimum Gasteiger partial charge on any atom is -0.413 e. The zero-order chi connectivity index (χ0) is 30.3. The molecular formula is C30H13F7IrN6-2. The van der Waals surface area contributed by atoms with E-state index in [1.807, 2.05) is 6.07 Å². The molecule has 0 atom stereocenters. The molecule has 0 N–H and O–H groups in total. The second-order valence-electron chi connectivity index (χ2n) is 8.95. The van der Waals surface area contributed by atoms with Gasteiger partial charge in [0.25, 0.3) is 0 Å². The third-order valence-corrected chi connectivity index (χ3v) is 6.31. The van der Waals surface area contributed by atoms with Gasteiger partial charge in [-0.15, -0.1) is 29.7 Å². The number of aromatic nitrogens is 6. The fourth-order valence-corrected chi connectivity index (χ4v) is 4.41. The van der Waals surface area contributed by atoms with Crippen LogP contribution in [-0.4, -0.2) is 25.0 Å². The smallest absolute Gasteiger partial charge is 0.413 e. The van der Waals surface area contributed by atoms with E-state index in [0.717, 1.165) is 0 Å². The average Bonchev–Trinajstić information content (AvgIpc) is 3.55. The van der Waals surface area contributed by atoms with Crippen molar-refractivity contribution in [2.75, 3.05) is 0 Å². The molecule has 0 bridgehead atoms. The Labute approximate surface area is 256 Å². The zero-order valence-corrected chi connectivity index (χ0v) is 24.1. The Hall–Kier alpha value is -4.81. The second kappa shape index (κ2) is 12.1. The molecule has 223 valence electrons. The van der Waals surface area contributed by atoms with Crippen LogP contribution in [0.3, 0.4) is 0 Å². The van der Waals surface area contributed by atoms with Crippen molar-refractivity contribution in [2.24, 2.45) is 0 Å². The maximum absolute atomic E-state index is 14.8. The zero-order valence-electron chi connectivity index (χ0n) is 21.7. The van der Waals surface area contributed by atoms with Crippen LogP contribution in [0.15, 0.2) is 79.1 Å². The van der Waals surface area contributed by atoms with Crippen LogP contribution < -0.4 is 5.10 Å². The van der Waals surface area contributed by atoms with E-state index in [1.54, 1.807) is 48.5 Å². The molecule has 0 aliphatic carbocycles. The average molecular weight is 783 g/mol. The van der Waals surface area contributed by atoms with Crippen molar-refractivity contribution in [1.82, 2.24) is 30.1 Å². The summed E-state index contributed by atoms with van der Waals surface area (Å²) >= 11 is 0. The van der Waals surface area contributed by atoms with Gasteiger partial charge in [-0.1, -0.05) is 41.8 Å². The number of rotatable bonds is 2. The van der Waals surface area contributed by atoms with Crippen LogP contribution in [-0.2, 0) is 26.3 Å². The van der Waals surface area contributed by atoms with E-state index in [4.69, 9.17) is 0 Å². The third-order valence-electron chi connectivity index (χ3n) is 6.31. The minimum absolute atomic E-state index is 0. The van der Waals surface area contributed by atoms with E-state index in [1.165, 1.54) is 24.5 Å². The van der Waals surface area contributed by atoms with Crippen LogP contribution in [0.5, 0.6) is 0 Å². The molecule has 0 aliphatic rings. The van der Waals surface area contributed by atoms with Gasteiger partial charge >= 0.3 is 6.18 Å². The second-order valence-corrected chi connectivity index (χ2v) is 8.95. The van der Waals surface area contributed by atoms with Gasteiger partial charge in [-0.2, -0.15) is 13.2 Å². The SMILES string of the molecule is FC(F)(F)c1n[n-]c(-c2ccccn2)n1.Fc1c(F)c(F)c2c3nc(-c4ccccc4)cnc3c3[c-]cccc3c2c1F.[Ir]. The first-order valence-electron chi connectivity index (χ1n) is 12.3. The largest absolute Gasteiger partial charge is 0.429 e. The van der Waals surface area contributed by atoms with Crippen molar-refractivity contribution in [1.29, 1.82) is 0 Å². The fourth-order valence-electron chi connectivity index (χ4n) is 4.41. The van der Waals surface area contributed by atoms with Crippen molar-refractivity contribution >= 4 is 32.6 Å². The molecule has 0 spiro atoms. The molecular weight excluding hydrogens is 770 g/mol. The first-order chi connectivity index (χ1) is 20.6. The molecule has 44 heavy (non-hydrogen) atoms. The van der Waals surface area contributed by atoms with E-state index in [9.17, 15) is 30.7 Å². The molecule has 0 aliphatic heterocycles. The van der Waals surface area contributed by atoms with E-state index in [2.05, 4.69) is 36.2 Å². The molecule has 0 saturated carbocycles. The Morgan fingerprint density at radius 3 is 2.05 bits per heavy atom. The molecule has 3 aromatic heterocycles. The summed E-state index contributed by atoms with van der Waals surface area (Å²) in [4.78, 5) is 15.8. The summed E-state index contributed by atoms with van der Waals surface area (Å²) < 4.78 is 93.8. The van der Waals surface area contributed by atoms with Gasteiger partial charge < -0.3 is 15.1 Å². The molecule has 0 saturated heterocycles. The normalized spacial score (nSPS) is 11.3. The Bertz CT molecular complexity index is 2120. The fraction of sp³-hybridized carbons (Fsp3) is 0.0333. The summed E-state index contributed by atoms with van der Waals surface area (Å²) in [6.45, 7) is 0. The van der Waals surface area contributed by atoms with Crippen molar-refractivity contribution in [2.45, 2.75) is 6.18 Å². The van der Waals surface area contributed by atoms with E-state index in [0.29, 0.717) is 16.6 Å². The number of halogens is 7. The number of pyridine rings is 1. The van der Waals surface area contributed by atoms with Crippen molar-refractivity contribution < 1.29 is 50.8 Å². The Balaban J connectivity index is 0.000000204. The van der Waals surface area contributed by atoms with Crippen LogP contribution in [0, 0.1) is 29.3 Å². The van der Waals surface area contributed by atoms with Crippen LogP contribution in [0.25, 0.3) is 55.4 Å². The molecule has 14 heteroatoms. The van der Waals surface area contributed by atoms with Crippen LogP contribution in [0.4, 0.5) is 30.7 Å². The predicted octanol–water partition coefficient (Wildman–Crippen LogP) is 7.47. The number of nitrogens with zero attached hydrogens (tertiary/aromatic N) is 6. The predicted molar refractivity (Wildman–Crippen MR) is 142 cm³/mol. The van der Waals surface area contributed by atoms with Crippen LogP contribution in [0.1, 0.15) is 5.82 Å². The van der Waals surface area contributed by atoms with Gasteiger partial charge in [0.2, 0.25) is 0 Å². The monoisotopic (exact) mass is 783 g/mol. The van der Waals surface area contributed by atoms with Gasteiger partial charge in [-0.25, -0.2) is 17.6 Å². The topological polar surface area (TPSA) is 78.5 Å². The standard InChI is InChI=1S/C22H9F4N2.C8H4F3N4.Ir/c23-17-15-12-8-4-5-9-13(12)21-22(16(15)18(24)20(26)19(17)25)28-14(10-27-21)11-6-2-1-3-7-11;9-8(10,11)7-13-6(14-15-7)5-3-1-2-4-12-5;/h1-8,10H;1-4H;/q2*-1;. The molecule has 0 fully saturated rings. The molecule has 7 rings (SSSR count). The molecule has 4 aromatic carbocycles. The van der Waals surface area contributed by atoms with Gasteiger partial charge in [-0.05, 0) is 23.3 Å². The minimum atomic E-state index is -4.57. The van der Waals surface area contributed by atoms with Gasteiger partial charge in [0.1, 0.15) is 5.82 Å². The first-order valence-corrected chi connectivity index (χ1v) is 12.3. The molecule has 3 heterocycles. The number of alkyl halides is 3. The van der Waals surface area contributed by atoms with Crippen molar-refractivity contribution in [3.63, 3.8) is 0 Å². The maximum Gasteiger partial charge on any atom is 0.429 e. The van der Waals surface area contributed by atoms with Crippen molar-refractivity contribution in [3.8, 4) is 22.8 Å². The van der Waals surface area contributed by atoms with Crippen molar-refractivity contribution in [3.05, 3.63) is 114 Å². The Kier molecular flexibility index (Phi) is 8.40. The Morgan fingerprint density at radius 2 is 1.39 bits per heavy atom. The number of fused-ring (bicyclic) bond motifs is 6. The summed E-state index contributed by atoms with van der Waals surface area (Å²) in [5.41, 5.74) is 1.54. The quantitative estimate of drug-likeness (QED) is 0.0596. The Morgan fingerprint density at radius 1 is 0.682 bits per heavy atom. The summed E-state index contributed by atoms with van der Waals surface area (Å²) in [6, 6.07) is 21.3. The third kappa shape index (κ3) is 5.49. The van der Waals surface area contributed by atoms with Gasteiger partial charge in [0.05, 0.1) is 16.9 Å². The summed E-state index contributed by atoms with van der Waals surface area (Å²) in [5.74, 6) is -8.07. The van der Waals surface area contributed by atoms with Gasteiger partial charge in [0, 0.05) is 49.0 Å². The molecule has 0 unspecified atom stereocenters. The number of benzene rings is 4. The van der Waals surface area contributed by atoms with Crippen LogP contribution in [0.2, 0.25) is 0 Å². The van der Waals surface area contributed by atoms with Gasteiger partial charge in [0.15, 0.2) is 23.3 Å². The number of hydrogen-bond acceptors (Lipinski definition) is 5. The molecule has 6 nitrogen and oxygen atoms in total. The molecule has 1 radical (unpaired) electrons. The molecule has 7 aromatic rings. The number of hydrogen-bond donors (Lipinski definition) is 0. The van der Waals surface area contributed by atoms with Crippen LogP contribution >= 0.6 is 0 Å². The molecule has 0 amide bonds. The first kappa shape index (κ1) is 30.6. The van der Waals surface area contributed by atoms with E-state index >= 15 is 0 Å². The maximum atomic E-state index is 14.8. The van der Waals surface area contributed by atoms with E-state index in [-0.39, 0.29) is 53.4 Å². The summed E-state index contributed by atoms with van der Waals surface area (Å²) in [7, 11) is 0.